The predicted octanol–water partition coefficient (Wildman–Crippen LogP) is 3.02. The number of nitrogens with zero attached hydrogens (tertiary/aromatic N) is 1. The van der Waals surface area contributed by atoms with E-state index in [1.807, 2.05) is 25.1 Å². The van der Waals surface area contributed by atoms with E-state index in [0.717, 1.165) is 41.9 Å². The van der Waals surface area contributed by atoms with Gasteiger partial charge in [-0.25, -0.2) is 4.98 Å². The van der Waals surface area contributed by atoms with Gasteiger partial charge in [-0.3, -0.25) is 4.79 Å². The summed E-state index contributed by atoms with van der Waals surface area (Å²) in [7, 11) is 0. The number of amides is 1. The van der Waals surface area contributed by atoms with Crippen molar-refractivity contribution in [2.75, 3.05) is 11.9 Å². The average Bonchev–Trinajstić information content (AvgIpc) is 3.24. The van der Waals surface area contributed by atoms with E-state index in [-0.39, 0.29) is 11.8 Å². The number of fused-ring (bicyclic) bond motifs is 1. The van der Waals surface area contributed by atoms with Crippen LogP contribution < -0.4 is 11.1 Å². The number of carbonyl (C=O) groups is 1. The molecule has 0 aliphatic heterocycles. The summed E-state index contributed by atoms with van der Waals surface area (Å²) in [6, 6.07) is 5.58. The van der Waals surface area contributed by atoms with Crippen molar-refractivity contribution in [2.45, 2.75) is 38.5 Å². The van der Waals surface area contributed by atoms with Gasteiger partial charge in [0.1, 0.15) is 5.52 Å². The molecular weight excluding hydrogens is 266 g/mol. The summed E-state index contributed by atoms with van der Waals surface area (Å²) in [5.74, 6) is 1.55. The molecule has 1 saturated carbocycles. The van der Waals surface area contributed by atoms with Crippen molar-refractivity contribution >= 4 is 22.7 Å². The second-order valence-electron chi connectivity index (χ2n) is 5.77. The standard InChI is InChI=1S/C16H21N3O2/c1-2-10(9-17)7-15(20)18-12-5-6-14-13(8-12)19-16(21-14)11-3-4-11/h5-6,8,10-11H,2-4,7,9,17H2,1H3,(H,18,20). The van der Waals surface area contributed by atoms with Crippen LogP contribution in [0.25, 0.3) is 11.1 Å². The number of anilines is 1. The fraction of sp³-hybridized carbons (Fsp3) is 0.500. The van der Waals surface area contributed by atoms with Crippen LogP contribution in [0.3, 0.4) is 0 Å². The lowest BCUT2D eigenvalue weighted by atomic mass is 10.0. The maximum atomic E-state index is 12.0. The number of rotatable bonds is 6. The number of oxazole rings is 1. The van der Waals surface area contributed by atoms with Crippen molar-refractivity contribution in [3.8, 4) is 0 Å². The Balaban J connectivity index is 1.70. The summed E-state index contributed by atoms with van der Waals surface area (Å²) in [5, 5.41) is 2.91. The monoisotopic (exact) mass is 287 g/mol. The lowest BCUT2D eigenvalue weighted by Gasteiger charge is -2.11. The van der Waals surface area contributed by atoms with Gasteiger partial charge in [0.25, 0.3) is 0 Å². The van der Waals surface area contributed by atoms with E-state index in [9.17, 15) is 4.79 Å². The summed E-state index contributed by atoms with van der Waals surface area (Å²) in [4.78, 5) is 16.5. The van der Waals surface area contributed by atoms with Crippen LogP contribution in [0.1, 0.15) is 44.4 Å². The largest absolute Gasteiger partial charge is 0.440 e. The first-order valence-corrected chi connectivity index (χ1v) is 7.60. The smallest absolute Gasteiger partial charge is 0.224 e. The van der Waals surface area contributed by atoms with Crippen LogP contribution in [-0.2, 0) is 4.79 Å². The lowest BCUT2D eigenvalue weighted by molar-refractivity contribution is -0.117. The Bertz CT molecular complexity index is 642. The molecule has 1 aliphatic carbocycles. The first kappa shape index (κ1) is 14.1. The molecule has 1 aromatic heterocycles. The molecule has 5 nitrogen and oxygen atoms in total. The average molecular weight is 287 g/mol. The minimum atomic E-state index is -0.00226. The van der Waals surface area contributed by atoms with Crippen LogP contribution in [0.5, 0.6) is 0 Å². The van der Waals surface area contributed by atoms with Gasteiger partial charge >= 0.3 is 0 Å². The first-order valence-electron chi connectivity index (χ1n) is 7.60. The van der Waals surface area contributed by atoms with Gasteiger partial charge in [0.2, 0.25) is 5.91 Å². The normalized spacial score (nSPS) is 16.1. The number of nitrogens with one attached hydrogen (secondary N) is 1. The third kappa shape index (κ3) is 3.24. The molecule has 1 aromatic carbocycles. The minimum Gasteiger partial charge on any atom is -0.440 e. The fourth-order valence-corrected chi connectivity index (χ4v) is 2.40. The molecule has 0 saturated heterocycles. The lowest BCUT2D eigenvalue weighted by Crippen LogP contribution is -2.21. The minimum absolute atomic E-state index is 0.00226. The van der Waals surface area contributed by atoms with E-state index < -0.39 is 0 Å². The van der Waals surface area contributed by atoms with Gasteiger partial charge < -0.3 is 15.5 Å². The molecule has 0 spiro atoms. The molecule has 1 amide bonds. The van der Waals surface area contributed by atoms with E-state index in [2.05, 4.69) is 10.3 Å². The van der Waals surface area contributed by atoms with E-state index >= 15 is 0 Å². The van der Waals surface area contributed by atoms with Crippen molar-refractivity contribution in [3.05, 3.63) is 24.1 Å². The van der Waals surface area contributed by atoms with Gasteiger partial charge in [-0.1, -0.05) is 13.3 Å². The molecule has 0 radical (unpaired) electrons. The quantitative estimate of drug-likeness (QED) is 0.855. The zero-order valence-corrected chi connectivity index (χ0v) is 12.3. The maximum Gasteiger partial charge on any atom is 0.224 e. The highest BCUT2D eigenvalue weighted by molar-refractivity contribution is 5.92. The number of hydrogen-bond donors (Lipinski definition) is 2. The molecule has 1 aliphatic rings. The Morgan fingerprint density at radius 1 is 1.52 bits per heavy atom. The molecule has 1 heterocycles. The third-order valence-electron chi connectivity index (χ3n) is 4.00. The molecule has 3 rings (SSSR count). The molecule has 1 atom stereocenters. The number of carbonyl (C=O) groups excluding carboxylic acids is 1. The van der Waals surface area contributed by atoms with E-state index in [0.29, 0.717) is 18.9 Å². The van der Waals surface area contributed by atoms with Crippen LogP contribution in [0.15, 0.2) is 22.6 Å². The van der Waals surface area contributed by atoms with Gasteiger partial charge in [0.15, 0.2) is 11.5 Å². The molecule has 1 fully saturated rings. The molecule has 3 N–H and O–H groups in total. The van der Waals surface area contributed by atoms with Gasteiger partial charge in [0, 0.05) is 18.0 Å². The molecule has 112 valence electrons. The zero-order chi connectivity index (χ0) is 14.8. The highest BCUT2D eigenvalue weighted by atomic mass is 16.3. The van der Waals surface area contributed by atoms with E-state index in [1.54, 1.807) is 0 Å². The van der Waals surface area contributed by atoms with Gasteiger partial charge in [-0.15, -0.1) is 0 Å². The number of nitrogens with two attached hydrogens (primary N) is 1. The Morgan fingerprint density at radius 2 is 2.33 bits per heavy atom. The van der Waals surface area contributed by atoms with Crippen molar-refractivity contribution < 1.29 is 9.21 Å². The second-order valence-corrected chi connectivity index (χ2v) is 5.77. The highest BCUT2D eigenvalue weighted by Crippen LogP contribution is 2.40. The molecule has 21 heavy (non-hydrogen) atoms. The molecular formula is C16H21N3O2. The Labute approximate surface area is 123 Å². The molecule has 5 heteroatoms. The molecule has 1 unspecified atom stereocenters. The van der Waals surface area contributed by atoms with Crippen LogP contribution in [0.4, 0.5) is 5.69 Å². The Kier molecular flexibility index (Phi) is 3.92. The van der Waals surface area contributed by atoms with Crippen LogP contribution >= 0.6 is 0 Å². The van der Waals surface area contributed by atoms with Crippen molar-refractivity contribution in [1.82, 2.24) is 4.98 Å². The van der Waals surface area contributed by atoms with Gasteiger partial charge in [-0.05, 0) is 43.5 Å². The zero-order valence-electron chi connectivity index (χ0n) is 12.3. The predicted molar refractivity (Wildman–Crippen MR) is 82.1 cm³/mol. The molecule has 2 aromatic rings. The number of aromatic nitrogens is 1. The number of hydrogen-bond acceptors (Lipinski definition) is 4. The Morgan fingerprint density at radius 3 is 3.00 bits per heavy atom. The van der Waals surface area contributed by atoms with Crippen LogP contribution in [0, 0.1) is 5.92 Å². The summed E-state index contributed by atoms with van der Waals surface area (Å²) < 4.78 is 5.71. The highest BCUT2D eigenvalue weighted by Gasteiger charge is 2.28. The van der Waals surface area contributed by atoms with Crippen LogP contribution in [-0.4, -0.2) is 17.4 Å². The summed E-state index contributed by atoms with van der Waals surface area (Å²) >= 11 is 0. The second kappa shape index (κ2) is 5.85. The summed E-state index contributed by atoms with van der Waals surface area (Å²) in [6.45, 7) is 2.59. The Hall–Kier alpha value is -1.88. The van der Waals surface area contributed by atoms with Crippen LogP contribution in [0.2, 0.25) is 0 Å². The number of benzene rings is 1. The molecule has 0 bridgehead atoms. The van der Waals surface area contributed by atoms with E-state index in [1.165, 1.54) is 0 Å². The SMILES string of the molecule is CCC(CN)CC(=O)Nc1ccc2oc(C3CC3)nc2c1. The first-order chi connectivity index (χ1) is 10.2. The van der Waals surface area contributed by atoms with Gasteiger partial charge in [-0.2, -0.15) is 0 Å². The van der Waals surface area contributed by atoms with Crippen molar-refractivity contribution in [3.63, 3.8) is 0 Å². The maximum absolute atomic E-state index is 12.0. The topological polar surface area (TPSA) is 81.2 Å². The van der Waals surface area contributed by atoms with Crippen molar-refractivity contribution in [1.29, 1.82) is 0 Å². The van der Waals surface area contributed by atoms with Crippen molar-refractivity contribution in [2.24, 2.45) is 11.7 Å². The summed E-state index contributed by atoms with van der Waals surface area (Å²) in [5.41, 5.74) is 7.98. The fourth-order valence-electron chi connectivity index (χ4n) is 2.40. The van der Waals surface area contributed by atoms with Gasteiger partial charge in [0.05, 0.1) is 0 Å². The van der Waals surface area contributed by atoms with E-state index in [4.69, 9.17) is 10.2 Å². The summed E-state index contributed by atoms with van der Waals surface area (Å²) in [6.07, 6.45) is 3.69. The third-order valence-corrected chi connectivity index (χ3v) is 4.00.